The van der Waals surface area contributed by atoms with Gasteiger partial charge in [0.1, 0.15) is 17.5 Å². The van der Waals surface area contributed by atoms with Gasteiger partial charge in [0.15, 0.2) is 0 Å². The molecule has 1 aromatic rings. The molecule has 54 heavy (non-hydrogen) atoms. The largest absolute Gasteiger partial charge is 0.452 e. The highest BCUT2D eigenvalue weighted by Crippen LogP contribution is 2.68. The number of fused-ring (bicyclic) bond motifs is 6. The Morgan fingerprint density at radius 3 is 2.35 bits per heavy atom. The second-order valence-electron chi connectivity index (χ2n) is 18.6. The van der Waals surface area contributed by atoms with Crippen LogP contribution in [-0.4, -0.2) is 63.9 Å². The summed E-state index contributed by atoms with van der Waals surface area (Å²) in [4.78, 5) is 26.3. The standard InChI is InChI=1S/C43H68N2O8.ClH/c1-23(30-12-13-31-37-32(22-35(48)43(30,31)7)41(5)17-15-28(46)20-27(41)21-34(37)47)11-14-36(49)52-42(6)18-16-29-26(4)38(24(2)25(3)39(29)53-42)51-40(50)33(45)10-8-9-19-44;/h23,27-28,30-35,37,46-48H,8-22,44-45H2,1-7H3;1H/t23?,27-,28+,30+,31-,32-,33-,34+,35-,37-,41-,42?,43+;/m0./s1. The van der Waals surface area contributed by atoms with Crippen LogP contribution < -0.4 is 20.9 Å². The Hall–Kier alpha value is -1.95. The molecule has 0 saturated heterocycles. The van der Waals surface area contributed by atoms with Crippen molar-refractivity contribution < 1.29 is 39.1 Å². The van der Waals surface area contributed by atoms with Crippen molar-refractivity contribution in [3.05, 3.63) is 22.3 Å². The van der Waals surface area contributed by atoms with Crippen LogP contribution in [0.15, 0.2) is 0 Å². The van der Waals surface area contributed by atoms with Crippen LogP contribution >= 0.6 is 12.4 Å². The maximum Gasteiger partial charge on any atom is 0.328 e. The number of ether oxygens (including phenoxy) is 3. The number of esters is 2. The number of nitrogens with two attached hydrogens (primary N) is 2. The van der Waals surface area contributed by atoms with Gasteiger partial charge >= 0.3 is 11.9 Å². The molecule has 6 rings (SSSR count). The highest BCUT2D eigenvalue weighted by atomic mass is 35.5. The van der Waals surface area contributed by atoms with E-state index in [4.69, 9.17) is 25.7 Å². The van der Waals surface area contributed by atoms with E-state index in [0.717, 1.165) is 73.6 Å². The summed E-state index contributed by atoms with van der Waals surface area (Å²) in [5.74, 6) is 0.707. The molecule has 11 heteroatoms. The first-order valence-corrected chi connectivity index (χ1v) is 20.7. The highest BCUT2D eigenvalue weighted by Gasteiger charge is 2.65. The van der Waals surface area contributed by atoms with E-state index in [2.05, 4.69) is 20.8 Å². The van der Waals surface area contributed by atoms with E-state index in [1.807, 2.05) is 27.7 Å². The SMILES string of the molecule is Cc1c(C)c2c(c(C)c1OC(=O)[C@@H](N)CCCCN)CCC(C)(OC(=O)CCC(C)[C@H]1CC[C@H]3[C@@H]4[C@H](O)C[C@@H]5C[C@H](O)CC[C@]5(C)[C@H]4C[C@H](O)[C@]13C)O2.Cl. The average Bonchev–Trinajstić information content (AvgIpc) is 3.47. The van der Waals surface area contributed by atoms with Gasteiger partial charge < -0.3 is 41.0 Å². The summed E-state index contributed by atoms with van der Waals surface area (Å²) in [7, 11) is 0. The zero-order chi connectivity index (χ0) is 38.6. The van der Waals surface area contributed by atoms with Crippen molar-refractivity contribution in [2.45, 2.75) is 168 Å². The van der Waals surface area contributed by atoms with Crippen LogP contribution in [0.25, 0.3) is 0 Å². The van der Waals surface area contributed by atoms with Crippen molar-refractivity contribution >= 4 is 24.3 Å². The molecule has 306 valence electrons. The van der Waals surface area contributed by atoms with Crippen molar-refractivity contribution in [2.24, 2.45) is 57.8 Å². The molecule has 10 nitrogen and oxygen atoms in total. The van der Waals surface area contributed by atoms with Gasteiger partial charge in [0, 0.05) is 25.3 Å². The van der Waals surface area contributed by atoms with Gasteiger partial charge in [-0.3, -0.25) is 4.79 Å². The quantitative estimate of drug-likeness (QED) is 0.0967. The van der Waals surface area contributed by atoms with E-state index in [0.29, 0.717) is 56.1 Å². The minimum atomic E-state index is -1.13. The molecule has 0 aromatic heterocycles. The third-order valence-electron chi connectivity index (χ3n) is 15.6. The number of aliphatic hydroxyl groups excluding tert-OH is 3. The van der Waals surface area contributed by atoms with Crippen molar-refractivity contribution in [1.82, 2.24) is 0 Å². The number of unbranched alkanes of at least 4 members (excludes halogenated alkanes) is 1. The smallest absolute Gasteiger partial charge is 0.328 e. The molecule has 4 aliphatic carbocycles. The van der Waals surface area contributed by atoms with Gasteiger partial charge in [-0.1, -0.05) is 27.2 Å². The lowest BCUT2D eigenvalue weighted by atomic mass is 9.43. The first kappa shape index (κ1) is 43.2. The predicted molar refractivity (Wildman–Crippen MR) is 210 cm³/mol. The van der Waals surface area contributed by atoms with Gasteiger partial charge in [-0.15, -0.1) is 12.4 Å². The maximum atomic E-state index is 13.5. The molecule has 4 saturated carbocycles. The molecule has 5 aliphatic rings. The fourth-order valence-electron chi connectivity index (χ4n) is 12.2. The predicted octanol–water partition coefficient (Wildman–Crippen LogP) is 6.36. The minimum Gasteiger partial charge on any atom is -0.452 e. The Labute approximate surface area is 329 Å². The monoisotopic (exact) mass is 776 g/mol. The lowest BCUT2D eigenvalue weighted by Crippen LogP contribution is -2.62. The summed E-state index contributed by atoms with van der Waals surface area (Å²) in [5.41, 5.74) is 14.8. The van der Waals surface area contributed by atoms with Crippen LogP contribution in [0.2, 0.25) is 0 Å². The molecule has 2 unspecified atom stereocenters. The Kier molecular flexibility index (Phi) is 13.2. The molecular weight excluding hydrogens is 708 g/mol. The number of halogens is 1. The van der Waals surface area contributed by atoms with Gasteiger partial charge in [0.2, 0.25) is 0 Å². The van der Waals surface area contributed by atoms with E-state index in [-0.39, 0.29) is 71.3 Å². The molecule has 0 spiro atoms. The summed E-state index contributed by atoms with van der Waals surface area (Å²) < 4.78 is 18.4. The molecular formula is C43H69ClN2O8. The topological polar surface area (TPSA) is 175 Å². The molecule has 0 amide bonds. The van der Waals surface area contributed by atoms with Crippen molar-refractivity contribution in [3.63, 3.8) is 0 Å². The van der Waals surface area contributed by atoms with Crippen LogP contribution in [-0.2, 0) is 20.7 Å². The normalized spacial score (nSPS) is 38.0. The lowest BCUT2D eigenvalue weighted by Gasteiger charge is -2.63. The van der Waals surface area contributed by atoms with E-state index in [1.54, 1.807) is 0 Å². The molecule has 0 bridgehead atoms. The molecule has 1 aliphatic heterocycles. The van der Waals surface area contributed by atoms with E-state index < -0.39 is 30.0 Å². The third kappa shape index (κ3) is 7.70. The van der Waals surface area contributed by atoms with Crippen molar-refractivity contribution in [1.29, 1.82) is 0 Å². The number of benzene rings is 1. The van der Waals surface area contributed by atoms with Gasteiger partial charge in [-0.2, -0.15) is 0 Å². The van der Waals surface area contributed by atoms with E-state index in [1.165, 1.54) is 0 Å². The number of carbonyl (C=O) groups excluding carboxylic acids is 2. The van der Waals surface area contributed by atoms with E-state index >= 15 is 0 Å². The molecule has 4 fully saturated rings. The van der Waals surface area contributed by atoms with E-state index in [9.17, 15) is 24.9 Å². The first-order valence-electron chi connectivity index (χ1n) is 20.7. The fourth-order valence-corrected chi connectivity index (χ4v) is 12.2. The first-order chi connectivity index (χ1) is 24.9. The molecule has 13 atom stereocenters. The Morgan fingerprint density at radius 1 is 0.926 bits per heavy atom. The van der Waals surface area contributed by atoms with Gasteiger partial charge in [0.25, 0.3) is 5.79 Å². The zero-order valence-electron chi connectivity index (χ0n) is 33.8. The summed E-state index contributed by atoms with van der Waals surface area (Å²) >= 11 is 0. The van der Waals surface area contributed by atoms with Gasteiger partial charge in [-0.05, 0) is 161 Å². The third-order valence-corrected chi connectivity index (χ3v) is 15.6. The molecule has 7 N–H and O–H groups in total. The minimum absolute atomic E-state index is 0. The second-order valence-corrected chi connectivity index (χ2v) is 18.6. The fraction of sp³-hybridized carbons (Fsp3) is 0.814. The van der Waals surface area contributed by atoms with Crippen LogP contribution in [0.1, 0.15) is 133 Å². The zero-order valence-corrected chi connectivity index (χ0v) is 34.6. The number of hydrogen-bond acceptors (Lipinski definition) is 10. The lowest BCUT2D eigenvalue weighted by molar-refractivity contribution is -0.207. The summed E-state index contributed by atoms with van der Waals surface area (Å²) in [5, 5.41) is 34.0. The van der Waals surface area contributed by atoms with Gasteiger partial charge in [0.05, 0.1) is 18.3 Å². The summed E-state index contributed by atoms with van der Waals surface area (Å²) in [6.07, 6.45) is 8.85. The number of rotatable bonds is 11. The maximum absolute atomic E-state index is 13.5. The van der Waals surface area contributed by atoms with Gasteiger partial charge in [-0.25, -0.2) is 4.79 Å². The molecule has 1 heterocycles. The van der Waals surface area contributed by atoms with Crippen molar-refractivity contribution in [3.8, 4) is 11.5 Å². The summed E-state index contributed by atoms with van der Waals surface area (Å²) in [6.45, 7) is 15.0. The second kappa shape index (κ2) is 16.5. The Balaban J connectivity index is 0.00000561. The average molecular weight is 777 g/mol. The number of hydrogen-bond donors (Lipinski definition) is 5. The van der Waals surface area contributed by atoms with Crippen molar-refractivity contribution in [2.75, 3.05) is 6.54 Å². The Bertz CT molecular complexity index is 1540. The summed E-state index contributed by atoms with van der Waals surface area (Å²) in [6, 6.07) is -0.717. The van der Waals surface area contributed by atoms with Crippen LogP contribution in [0, 0.1) is 67.1 Å². The Morgan fingerprint density at radius 2 is 1.65 bits per heavy atom. The number of carbonyl (C=O) groups is 2. The van der Waals surface area contributed by atoms with Crippen LogP contribution in [0.5, 0.6) is 11.5 Å². The number of aliphatic hydroxyl groups is 3. The molecule has 1 aromatic carbocycles. The molecule has 0 radical (unpaired) electrons. The van der Waals surface area contributed by atoms with Crippen LogP contribution in [0.4, 0.5) is 0 Å². The van der Waals surface area contributed by atoms with Crippen LogP contribution in [0.3, 0.4) is 0 Å². The highest BCUT2D eigenvalue weighted by molar-refractivity contribution is 5.85.